The van der Waals surface area contributed by atoms with Gasteiger partial charge in [0.2, 0.25) is 0 Å². The normalized spacial score (nSPS) is 10.8. The highest BCUT2D eigenvalue weighted by molar-refractivity contribution is 6.35. The van der Waals surface area contributed by atoms with Crippen LogP contribution >= 0.6 is 23.2 Å². The first kappa shape index (κ1) is 22.0. The van der Waals surface area contributed by atoms with Crippen molar-refractivity contribution in [2.45, 2.75) is 0 Å². The van der Waals surface area contributed by atoms with Crippen molar-refractivity contribution >= 4 is 34.8 Å². The summed E-state index contributed by atoms with van der Waals surface area (Å²) in [5, 5.41) is 3.78. The Bertz CT molecular complexity index is 1370. The monoisotopic (exact) mass is 482 g/mol. The maximum atomic E-state index is 12.8. The van der Waals surface area contributed by atoms with Gasteiger partial charge in [0.1, 0.15) is 0 Å². The van der Waals surface area contributed by atoms with Gasteiger partial charge in [-0.1, -0.05) is 83.9 Å². The molecule has 0 atom stereocenters. The molecule has 4 aromatic carbocycles. The average molecular weight is 483 g/mol. The molecule has 0 spiro atoms. The van der Waals surface area contributed by atoms with E-state index in [1.807, 2.05) is 60.7 Å². The van der Waals surface area contributed by atoms with Crippen molar-refractivity contribution in [3.05, 3.63) is 131 Å². The Morgan fingerprint density at radius 3 is 1.62 bits per heavy atom. The lowest BCUT2D eigenvalue weighted by Gasteiger charge is -2.15. The average Bonchev–Trinajstić information content (AvgIpc) is 3.30. The molecule has 34 heavy (non-hydrogen) atoms. The molecule has 0 saturated carbocycles. The number of carbonyl (C=O) groups excluding carboxylic acids is 1. The van der Waals surface area contributed by atoms with Crippen LogP contribution in [0.3, 0.4) is 0 Å². The van der Waals surface area contributed by atoms with Gasteiger partial charge < -0.3 is 9.88 Å². The molecule has 166 valence electrons. The first-order valence-electron chi connectivity index (χ1n) is 10.8. The number of benzene rings is 4. The minimum absolute atomic E-state index is 0.232. The van der Waals surface area contributed by atoms with Crippen molar-refractivity contribution in [3.63, 3.8) is 0 Å². The fraction of sp³-hybridized carbons (Fsp3) is 0. The standard InChI is InChI=1S/C29H20Cl2N2O/c30-23-17-24(31)19-25(18-23)32-29(34)22-11-13-26(14-12-22)33-27(20-7-3-1-4-8-20)15-16-28(33)21-9-5-2-6-10-21/h1-19H,(H,32,34). The van der Waals surface area contributed by atoms with Crippen LogP contribution in [-0.4, -0.2) is 10.5 Å². The van der Waals surface area contributed by atoms with Gasteiger partial charge in [-0.3, -0.25) is 4.79 Å². The van der Waals surface area contributed by atoms with Gasteiger partial charge in [0.05, 0.1) is 11.4 Å². The van der Waals surface area contributed by atoms with Crippen molar-refractivity contribution in [1.82, 2.24) is 4.57 Å². The van der Waals surface area contributed by atoms with Crippen molar-refractivity contribution in [1.29, 1.82) is 0 Å². The van der Waals surface area contributed by atoms with Crippen LogP contribution in [0.1, 0.15) is 10.4 Å². The summed E-state index contributed by atoms with van der Waals surface area (Å²) in [6.45, 7) is 0. The largest absolute Gasteiger partial charge is 0.322 e. The molecule has 1 aromatic heterocycles. The molecule has 0 saturated heterocycles. The predicted molar refractivity (Wildman–Crippen MR) is 141 cm³/mol. The predicted octanol–water partition coefficient (Wildman–Crippen LogP) is 8.37. The second kappa shape index (κ2) is 9.60. The van der Waals surface area contributed by atoms with Crippen LogP contribution in [0.15, 0.2) is 115 Å². The number of anilines is 1. The van der Waals surface area contributed by atoms with E-state index >= 15 is 0 Å². The van der Waals surface area contributed by atoms with Crippen molar-refractivity contribution in [2.75, 3.05) is 5.32 Å². The van der Waals surface area contributed by atoms with Crippen molar-refractivity contribution in [3.8, 4) is 28.2 Å². The molecule has 5 aromatic rings. The third-order valence-electron chi connectivity index (χ3n) is 5.53. The molecule has 0 aliphatic heterocycles. The minimum Gasteiger partial charge on any atom is -0.322 e. The molecule has 1 N–H and O–H groups in total. The number of aromatic nitrogens is 1. The Morgan fingerprint density at radius 1 is 0.618 bits per heavy atom. The molecule has 1 heterocycles. The maximum absolute atomic E-state index is 12.8. The molecule has 0 bridgehead atoms. The molecular weight excluding hydrogens is 463 g/mol. The lowest BCUT2D eigenvalue weighted by Crippen LogP contribution is -2.12. The Hall–Kier alpha value is -3.79. The molecule has 1 amide bonds. The van der Waals surface area contributed by atoms with Crippen molar-refractivity contribution < 1.29 is 4.79 Å². The summed E-state index contributed by atoms with van der Waals surface area (Å²) in [6.07, 6.45) is 0. The van der Waals surface area contributed by atoms with Gasteiger partial charge in [-0.2, -0.15) is 0 Å². The minimum atomic E-state index is -0.232. The second-order valence-electron chi connectivity index (χ2n) is 7.83. The van der Waals surface area contributed by atoms with E-state index in [0.29, 0.717) is 21.3 Å². The molecule has 0 aliphatic carbocycles. The van der Waals surface area contributed by atoms with Crippen molar-refractivity contribution in [2.24, 2.45) is 0 Å². The van der Waals surface area contributed by atoms with Gasteiger partial charge >= 0.3 is 0 Å². The summed E-state index contributed by atoms with van der Waals surface area (Å²) in [5.74, 6) is -0.232. The second-order valence-corrected chi connectivity index (χ2v) is 8.70. The smallest absolute Gasteiger partial charge is 0.255 e. The van der Waals surface area contributed by atoms with E-state index in [4.69, 9.17) is 23.2 Å². The number of halogens is 2. The zero-order valence-corrected chi connectivity index (χ0v) is 19.6. The fourth-order valence-electron chi connectivity index (χ4n) is 3.97. The Morgan fingerprint density at radius 2 is 1.12 bits per heavy atom. The number of carbonyl (C=O) groups is 1. The number of hydrogen-bond acceptors (Lipinski definition) is 1. The van der Waals surface area contributed by atoms with Crippen LogP contribution in [-0.2, 0) is 0 Å². The van der Waals surface area contributed by atoms with E-state index in [0.717, 1.165) is 28.2 Å². The zero-order chi connectivity index (χ0) is 23.5. The molecule has 5 heteroatoms. The molecule has 0 unspecified atom stereocenters. The SMILES string of the molecule is O=C(Nc1cc(Cl)cc(Cl)c1)c1ccc(-n2c(-c3ccccc3)ccc2-c2ccccc2)cc1. The summed E-state index contributed by atoms with van der Waals surface area (Å²) in [7, 11) is 0. The molecule has 0 radical (unpaired) electrons. The Labute approximate surface area is 208 Å². The summed E-state index contributed by atoms with van der Waals surface area (Å²) in [6, 6.07) is 37.3. The third-order valence-corrected chi connectivity index (χ3v) is 5.96. The highest BCUT2D eigenvalue weighted by atomic mass is 35.5. The summed E-state index contributed by atoms with van der Waals surface area (Å²) >= 11 is 12.1. The van der Waals surface area contributed by atoms with Gasteiger partial charge in [0, 0.05) is 27.0 Å². The molecule has 0 aliphatic rings. The van der Waals surface area contributed by atoms with Crippen LogP contribution in [0.4, 0.5) is 5.69 Å². The lowest BCUT2D eigenvalue weighted by molar-refractivity contribution is 0.102. The topological polar surface area (TPSA) is 34.0 Å². The molecule has 5 rings (SSSR count). The summed E-state index contributed by atoms with van der Waals surface area (Å²) in [4.78, 5) is 12.8. The van der Waals surface area contributed by atoms with E-state index < -0.39 is 0 Å². The van der Waals surface area contributed by atoms with E-state index in [1.165, 1.54) is 0 Å². The highest BCUT2D eigenvalue weighted by Crippen LogP contribution is 2.32. The third kappa shape index (κ3) is 4.62. The summed E-state index contributed by atoms with van der Waals surface area (Å²) < 4.78 is 2.21. The molecular formula is C29H20Cl2N2O. The lowest BCUT2D eigenvalue weighted by atomic mass is 10.1. The fourth-order valence-corrected chi connectivity index (χ4v) is 4.50. The summed E-state index contributed by atoms with van der Waals surface area (Å²) in [5.41, 5.74) is 6.43. The van der Waals surface area contributed by atoms with E-state index in [2.05, 4.69) is 46.3 Å². The van der Waals surface area contributed by atoms with E-state index in [-0.39, 0.29) is 5.91 Å². The van der Waals surface area contributed by atoms with Crippen LogP contribution in [0.25, 0.3) is 28.2 Å². The zero-order valence-electron chi connectivity index (χ0n) is 18.1. The van der Waals surface area contributed by atoms with Crippen LogP contribution in [0.5, 0.6) is 0 Å². The first-order chi connectivity index (χ1) is 16.6. The molecule has 0 fully saturated rings. The Kier molecular flexibility index (Phi) is 6.22. The van der Waals surface area contributed by atoms with Gasteiger partial charge in [-0.15, -0.1) is 0 Å². The van der Waals surface area contributed by atoms with Gasteiger partial charge in [-0.25, -0.2) is 0 Å². The maximum Gasteiger partial charge on any atom is 0.255 e. The Balaban J connectivity index is 1.51. The number of hydrogen-bond donors (Lipinski definition) is 1. The van der Waals surface area contributed by atoms with Crippen LogP contribution in [0, 0.1) is 0 Å². The van der Waals surface area contributed by atoms with E-state index in [1.54, 1.807) is 18.2 Å². The van der Waals surface area contributed by atoms with Gasteiger partial charge in [0.25, 0.3) is 5.91 Å². The van der Waals surface area contributed by atoms with E-state index in [9.17, 15) is 4.79 Å². The van der Waals surface area contributed by atoms with Gasteiger partial charge in [-0.05, 0) is 65.7 Å². The van der Waals surface area contributed by atoms with Crippen LogP contribution in [0.2, 0.25) is 10.0 Å². The van der Waals surface area contributed by atoms with Crippen LogP contribution < -0.4 is 5.32 Å². The number of nitrogens with zero attached hydrogens (tertiary/aromatic N) is 1. The highest BCUT2D eigenvalue weighted by Gasteiger charge is 2.14. The quantitative estimate of drug-likeness (QED) is 0.268. The number of rotatable bonds is 5. The number of amides is 1. The van der Waals surface area contributed by atoms with Gasteiger partial charge in [0.15, 0.2) is 0 Å². The number of nitrogens with one attached hydrogen (secondary N) is 1. The molecule has 3 nitrogen and oxygen atoms in total. The first-order valence-corrected chi connectivity index (χ1v) is 11.5.